The summed E-state index contributed by atoms with van der Waals surface area (Å²) >= 11 is 0. The van der Waals surface area contributed by atoms with Crippen molar-refractivity contribution in [1.29, 1.82) is 0 Å². The lowest BCUT2D eigenvalue weighted by molar-refractivity contribution is -0.115. The highest BCUT2D eigenvalue weighted by atomic mass is 16.2. The van der Waals surface area contributed by atoms with E-state index in [0.717, 1.165) is 4.57 Å². The van der Waals surface area contributed by atoms with Crippen molar-refractivity contribution in [2.75, 3.05) is 10.6 Å². The maximum absolute atomic E-state index is 11.7. The molecule has 1 heterocycles. The summed E-state index contributed by atoms with van der Waals surface area (Å²) in [7, 11) is 1.25. The Labute approximate surface area is 95.7 Å². The number of aromatic amines is 1. The zero-order chi connectivity index (χ0) is 13.2. The van der Waals surface area contributed by atoms with Crippen LogP contribution in [-0.2, 0) is 16.6 Å². The molecule has 1 rings (SSSR count). The van der Waals surface area contributed by atoms with Gasteiger partial charge >= 0.3 is 5.69 Å². The van der Waals surface area contributed by atoms with Gasteiger partial charge in [-0.3, -0.25) is 23.9 Å². The summed E-state index contributed by atoms with van der Waals surface area (Å²) in [4.78, 5) is 47.1. The van der Waals surface area contributed by atoms with Crippen LogP contribution >= 0.6 is 0 Å². The van der Waals surface area contributed by atoms with Gasteiger partial charge in [-0.15, -0.1) is 0 Å². The second kappa shape index (κ2) is 4.64. The zero-order valence-corrected chi connectivity index (χ0v) is 9.58. The molecule has 0 spiro atoms. The molecule has 0 unspecified atom stereocenters. The van der Waals surface area contributed by atoms with Crippen molar-refractivity contribution in [1.82, 2.24) is 9.55 Å². The Morgan fingerprint density at radius 2 is 1.65 bits per heavy atom. The Morgan fingerprint density at radius 1 is 1.12 bits per heavy atom. The van der Waals surface area contributed by atoms with Crippen molar-refractivity contribution in [3.63, 3.8) is 0 Å². The van der Waals surface area contributed by atoms with E-state index in [-0.39, 0.29) is 11.5 Å². The highest BCUT2D eigenvalue weighted by Crippen LogP contribution is 2.10. The average molecular weight is 240 g/mol. The molecule has 2 amide bonds. The lowest BCUT2D eigenvalue weighted by Crippen LogP contribution is -2.36. The van der Waals surface area contributed by atoms with Crippen LogP contribution in [0.1, 0.15) is 13.8 Å². The van der Waals surface area contributed by atoms with Gasteiger partial charge in [0.05, 0.1) is 0 Å². The van der Waals surface area contributed by atoms with Gasteiger partial charge in [-0.2, -0.15) is 0 Å². The van der Waals surface area contributed by atoms with Crippen LogP contribution in [0.4, 0.5) is 11.5 Å². The number of hydrogen-bond acceptors (Lipinski definition) is 4. The van der Waals surface area contributed by atoms with Crippen LogP contribution < -0.4 is 21.9 Å². The first-order valence-electron chi connectivity index (χ1n) is 4.71. The molecule has 0 aliphatic carbocycles. The fraction of sp³-hybridized carbons (Fsp3) is 0.333. The number of carbonyl (C=O) groups is 2. The highest BCUT2D eigenvalue weighted by molar-refractivity contribution is 5.96. The number of H-pyrrole nitrogens is 1. The Bertz CT molecular complexity index is 584. The maximum Gasteiger partial charge on any atom is 0.329 e. The van der Waals surface area contributed by atoms with Crippen LogP contribution in [0.5, 0.6) is 0 Å². The lowest BCUT2D eigenvalue weighted by atomic mass is 10.4. The molecule has 8 nitrogen and oxygen atoms in total. The summed E-state index contributed by atoms with van der Waals surface area (Å²) in [5.41, 5.74) is -1.56. The van der Waals surface area contributed by atoms with Crippen LogP contribution in [0.25, 0.3) is 0 Å². The summed E-state index contributed by atoms with van der Waals surface area (Å²) in [6.07, 6.45) is 0. The van der Waals surface area contributed by atoms with Gasteiger partial charge in [0.25, 0.3) is 5.56 Å². The van der Waals surface area contributed by atoms with Gasteiger partial charge in [0.15, 0.2) is 0 Å². The van der Waals surface area contributed by atoms with E-state index in [1.165, 1.54) is 20.9 Å². The molecule has 0 aromatic carbocycles. The van der Waals surface area contributed by atoms with Gasteiger partial charge in [-0.25, -0.2) is 4.79 Å². The number of nitrogens with zero attached hydrogens (tertiary/aromatic N) is 1. The number of amides is 2. The van der Waals surface area contributed by atoms with E-state index in [9.17, 15) is 19.2 Å². The van der Waals surface area contributed by atoms with Crippen molar-refractivity contribution < 1.29 is 9.59 Å². The molecule has 0 saturated heterocycles. The van der Waals surface area contributed by atoms with Gasteiger partial charge in [-0.05, 0) is 0 Å². The predicted molar refractivity (Wildman–Crippen MR) is 60.9 cm³/mol. The standard InChI is InChI=1S/C9H12N4O4/c1-4(14)10-6-7(11-5(2)15)12-9(17)13(3)8(6)16/h1-3H3,(H,10,14)(H,11,15)(H,12,17). The third kappa shape index (κ3) is 2.80. The van der Waals surface area contributed by atoms with Crippen molar-refractivity contribution in [2.45, 2.75) is 13.8 Å². The van der Waals surface area contributed by atoms with Crippen molar-refractivity contribution in [3.05, 3.63) is 20.8 Å². The van der Waals surface area contributed by atoms with Gasteiger partial charge < -0.3 is 10.6 Å². The van der Waals surface area contributed by atoms with E-state index in [4.69, 9.17) is 0 Å². The van der Waals surface area contributed by atoms with Crippen LogP contribution in [0.2, 0.25) is 0 Å². The summed E-state index contributed by atoms with van der Waals surface area (Å²) in [6, 6.07) is 0. The predicted octanol–water partition coefficient (Wildman–Crippen LogP) is -1.01. The molecule has 92 valence electrons. The summed E-state index contributed by atoms with van der Waals surface area (Å²) in [5.74, 6) is -1.08. The van der Waals surface area contributed by atoms with Gasteiger partial charge in [0.2, 0.25) is 11.8 Å². The third-order valence-electron chi connectivity index (χ3n) is 1.91. The molecule has 0 aliphatic rings. The first-order chi connectivity index (χ1) is 7.82. The van der Waals surface area contributed by atoms with Crippen LogP contribution in [0.15, 0.2) is 9.59 Å². The number of aromatic nitrogens is 2. The first-order valence-corrected chi connectivity index (χ1v) is 4.71. The molecule has 17 heavy (non-hydrogen) atoms. The summed E-state index contributed by atoms with van der Waals surface area (Å²) in [5, 5.41) is 4.52. The molecule has 0 radical (unpaired) electrons. The van der Waals surface area contributed by atoms with Gasteiger partial charge in [0.1, 0.15) is 11.5 Å². The second-order valence-electron chi connectivity index (χ2n) is 3.41. The smallest absolute Gasteiger partial charge is 0.319 e. The molecule has 0 saturated carbocycles. The monoisotopic (exact) mass is 240 g/mol. The molecule has 3 N–H and O–H groups in total. The molecule has 8 heteroatoms. The van der Waals surface area contributed by atoms with Crippen molar-refractivity contribution in [3.8, 4) is 0 Å². The minimum atomic E-state index is -0.701. The first kappa shape index (κ1) is 12.7. The lowest BCUT2D eigenvalue weighted by Gasteiger charge is -2.10. The number of carbonyl (C=O) groups excluding carboxylic acids is 2. The summed E-state index contributed by atoms with van der Waals surface area (Å²) in [6.45, 7) is 2.43. The SMILES string of the molecule is CC(=O)Nc1[nH]c(=O)n(C)c(=O)c1NC(C)=O. The van der Waals surface area contributed by atoms with E-state index in [2.05, 4.69) is 15.6 Å². The Morgan fingerprint density at radius 3 is 2.12 bits per heavy atom. The fourth-order valence-corrected chi connectivity index (χ4v) is 1.18. The van der Waals surface area contributed by atoms with E-state index in [0.29, 0.717) is 0 Å². The molecule has 0 aliphatic heterocycles. The van der Waals surface area contributed by atoms with Crippen LogP contribution in [0, 0.1) is 0 Å². The third-order valence-corrected chi connectivity index (χ3v) is 1.91. The van der Waals surface area contributed by atoms with Gasteiger partial charge in [-0.1, -0.05) is 0 Å². The van der Waals surface area contributed by atoms with Gasteiger partial charge in [0, 0.05) is 20.9 Å². The number of hydrogen-bond donors (Lipinski definition) is 3. The molecule has 0 atom stereocenters. The van der Waals surface area contributed by atoms with E-state index in [1.807, 2.05) is 0 Å². The van der Waals surface area contributed by atoms with E-state index >= 15 is 0 Å². The van der Waals surface area contributed by atoms with E-state index < -0.39 is 23.1 Å². The molecule has 1 aromatic heterocycles. The topological polar surface area (TPSA) is 113 Å². The highest BCUT2D eigenvalue weighted by Gasteiger charge is 2.13. The van der Waals surface area contributed by atoms with Crippen molar-refractivity contribution in [2.24, 2.45) is 7.05 Å². The normalized spacial score (nSPS) is 9.82. The number of nitrogens with one attached hydrogen (secondary N) is 3. The Balaban J connectivity index is 3.46. The largest absolute Gasteiger partial charge is 0.329 e. The Hall–Kier alpha value is -2.38. The number of rotatable bonds is 2. The molecular formula is C9H12N4O4. The minimum absolute atomic E-state index is 0.124. The zero-order valence-electron chi connectivity index (χ0n) is 9.58. The molecule has 0 fully saturated rings. The number of anilines is 2. The molecule has 0 bridgehead atoms. The van der Waals surface area contributed by atoms with E-state index in [1.54, 1.807) is 0 Å². The quantitative estimate of drug-likeness (QED) is 0.614. The van der Waals surface area contributed by atoms with Crippen LogP contribution in [0.3, 0.4) is 0 Å². The minimum Gasteiger partial charge on any atom is -0.319 e. The summed E-state index contributed by atoms with van der Waals surface area (Å²) < 4.78 is 0.788. The second-order valence-corrected chi connectivity index (χ2v) is 3.41. The van der Waals surface area contributed by atoms with Crippen molar-refractivity contribution >= 4 is 23.3 Å². The molecule has 1 aromatic rings. The van der Waals surface area contributed by atoms with Crippen LogP contribution in [-0.4, -0.2) is 21.4 Å². The Kier molecular flexibility index (Phi) is 3.46. The fourth-order valence-electron chi connectivity index (χ4n) is 1.18. The molecular weight excluding hydrogens is 228 g/mol. The maximum atomic E-state index is 11.7. The average Bonchev–Trinajstić information content (AvgIpc) is 2.20.